The summed E-state index contributed by atoms with van der Waals surface area (Å²) >= 11 is 1.69. The number of aryl methyl sites for hydroxylation is 1. The van der Waals surface area contributed by atoms with Crippen LogP contribution < -0.4 is 11.1 Å². The van der Waals surface area contributed by atoms with Crippen LogP contribution in [0, 0.1) is 6.92 Å². The molecular formula is C27H32ClN5O3S. The Bertz CT molecular complexity index is 1320. The maximum Gasteiger partial charge on any atom is 0.323 e. The molecule has 0 aliphatic carbocycles. The van der Waals surface area contributed by atoms with Gasteiger partial charge in [0.25, 0.3) is 0 Å². The second-order valence-electron chi connectivity index (χ2n) is 9.29. The molecule has 0 atom stereocenters. The van der Waals surface area contributed by atoms with Gasteiger partial charge in [-0.15, -0.1) is 23.7 Å². The predicted octanol–water partition coefficient (Wildman–Crippen LogP) is 4.21. The highest BCUT2D eigenvalue weighted by atomic mass is 35.5. The van der Waals surface area contributed by atoms with Crippen LogP contribution in [0.4, 0.5) is 10.6 Å². The number of fused-ring (bicyclic) bond motifs is 2. The summed E-state index contributed by atoms with van der Waals surface area (Å²) in [6.07, 6.45) is 4.87. The Hall–Kier alpha value is -2.98. The minimum absolute atomic E-state index is 0. The van der Waals surface area contributed by atoms with Crippen LogP contribution in [0.5, 0.6) is 0 Å². The molecule has 37 heavy (non-hydrogen) atoms. The van der Waals surface area contributed by atoms with Crippen LogP contribution in [0.3, 0.4) is 0 Å². The molecule has 0 radical (unpaired) electrons. The first kappa shape index (κ1) is 27.1. The normalized spacial score (nSPS) is 16.3. The molecule has 0 bridgehead atoms. The predicted molar refractivity (Wildman–Crippen MR) is 150 cm³/mol. The van der Waals surface area contributed by atoms with E-state index in [1.54, 1.807) is 17.5 Å². The van der Waals surface area contributed by atoms with Crippen LogP contribution in [-0.4, -0.2) is 66.1 Å². The van der Waals surface area contributed by atoms with Gasteiger partial charge >= 0.3 is 6.03 Å². The van der Waals surface area contributed by atoms with Gasteiger partial charge < -0.3 is 15.4 Å². The van der Waals surface area contributed by atoms with Crippen LogP contribution >= 0.6 is 23.7 Å². The van der Waals surface area contributed by atoms with Crippen molar-refractivity contribution in [3.05, 3.63) is 63.7 Å². The minimum atomic E-state index is -0.442. The molecule has 2 aromatic heterocycles. The largest absolute Gasteiger partial charge is 0.379 e. The van der Waals surface area contributed by atoms with E-state index in [0.29, 0.717) is 30.9 Å². The number of carbonyl (C=O) groups excluding carboxylic acids is 2. The van der Waals surface area contributed by atoms with Gasteiger partial charge in [-0.2, -0.15) is 0 Å². The molecule has 3 amide bonds. The zero-order valence-corrected chi connectivity index (χ0v) is 22.5. The lowest BCUT2D eigenvalue weighted by molar-refractivity contribution is -0.114. The van der Waals surface area contributed by atoms with Gasteiger partial charge in [0.15, 0.2) is 0 Å². The highest BCUT2D eigenvalue weighted by Gasteiger charge is 2.24. The fourth-order valence-electron chi connectivity index (χ4n) is 4.77. The molecule has 3 N–H and O–H groups in total. The topological polar surface area (TPSA) is 101 Å². The first-order valence-electron chi connectivity index (χ1n) is 12.3. The van der Waals surface area contributed by atoms with Crippen molar-refractivity contribution < 1.29 is 14.3 Å². The Balaban J connectivity index is 0.00000320. The Morgan fingerprint density at radius 1 is 1.24 bits per heavy atom. The molecule has 0 spiro atoms. The van der Waals surface area contributed by atoms with Gasteiger partial charge in [0.2, 0.25) is 5.91 Å². The molecule has 196 valence electrons. The van der Waals surface area contributed by atoms with Gasteiger partial charge in [0.1, 0.15) is 5.82 Å². The van der Waals surface area contributed by atoms with Gasteiger partial charge in [-0.25, -0.2) is 9.78 Å². The number of urea groups is 1. The third-order valence-electron chi connectivity index (χ3n) is 6.82. The number of amides is 3. The highest BCUT2D eigenvalue weighted by molar-refractivity contribution is 7.19. The van der Waals surface area contributed by atoms with Crippen LogP contribution in [0.25, 0.3) is 16.2 Å². The summed E-state index contributed by atoms with van der Waals surface area (Å²) in [4.78, 5) is 34.7. The van der Waals surface area contributed by atoms with Crippen LogP contribution in [-0.2, 0) is 22.5 Å². The fourth-order valence-corrected chi connectivity index (χ4v) is 6.00. The van der Waals surface area contributed by atoms with E-state index in [1.165, 1.54) is 15.6 Å². The second-order valence-corrected chi connectivity index (χ2v) is 10.4. The Morgan fingerprint density at radius 3 is 2.78 bits per heavy atom. The van der Waals surface area contributed by atoms with Crippen molar-refractivity contribution >= 4 is 57.7 Å². The van der Waals surface area contributed by atoms with Gasteiger partial charge in [-0.1, -0.05) is 18.2 Å². The average Bonchev–Trinajstić information content (AvgIpc) is 3.20. The number of morpholine rings is 1. The summed E-state index contributed by atoms with van der Waals surface area (Å²) in [7, 11) is 0. The molecular weight excluding hydrogens is 510 g/mol. The number of primary amides is 1. The highest BCUT2D eigenvalue weighted by Crippen LogP contribution is 2.32. The van der Waals surface area contributed by atoms with Crippen molar-refractivity contribution in [1.29, 1.82) is 0 Å². The molecule has 0 unspecified atom stereocenters. The maximum absolute atomic E-state index is 12.6. The monoisotopic (exact) mass is 541 g/mol. The molecule has 8 nitrogen and oxygen atoms in total. The summed E-state index contributed by atoms with van der Waals surface area (Å²) in [5, 5.41) is 4.11. The first-order valence-corrected chi connectivity index (χ1v) is 13.1. The molecule has 3 aromatic rings. The molecule has 4 heterocycles. The zero-order valence-electron chi connectivity index (χ0n) is 20.9. The van der Waals surface area contributed by atoms with E-state index in [-0.39, 0.29) is 18.4 Å². The summed E-state index contributed by atoms with van der Waals surface area (Å²) in [5.74, 6) is 0.130. The van der Waals surface area contributed by atoms with E-state index in [1.807, 2.05) is 29.2 Å². The molecule has 1 aromatic carbocycles. The molecule has 0 saturated carbocycles. The molecule has 2 aliphatic rings. The summed E-state index contributed by atoms with van der Waals surface area (Å²) in [6.45, 7) is 7.62. The third-order valence-corrected chi connectivity index (χ3v) is 8.09. The smallest absolute Gasteiger partial charge is 0.323 e. The lowest BCUT2D eigenvalue weighted by Gasteiger charge is -2.31. The third kappa shape index (κ3) is 6.30. The van der Waals surface area contributed by atoms with E-state index in [9.17, 15) is 9.59 Å². The van der Waals surface area contributed by atoms with Crippen LogP contribution in [0.2, 0.25) is 0 Å². The van der Waals surface area contributed by atoms with Gasteiger partial charge in [0.05, 0.1) is 19.8 Å². The van der Waals surface area contributed by atoms with Crippen molar-refractivity contribution in [3.63, 3.8) is 0 Å². The number of anilines is 1. The summed E-state index contributed by atoms with van der Waals surface area (Å²) < 4.78 is 6.60. The molecule has 10 heteroatoms. The van der Waals surface area contributed by atoms with E-state index in [0.717, 1.165) is 55.3 Å². The molecule has 2 aliphatic heterocycles. The lowest BCUT2D eigenvalue weighted by atomic mass is 10.0. The van der Waals surface area contributed by atoms with Gasteiger partial charge in [0, 0.05) is 59.5 Å². The number of aromatic nitrogens is 1. The van der Waals surface area contributed by atoms with Crippen molar-refractivity contribution in [2.24, 2.45) is 5.73 Å². The summed E-state index contributed by atoms with van der Waals surface area (Å²) in [5.41, 5.74) is 9.21. The van der Waals surface area contributed by atoms with Crippen molar-refractivity contribution in [2.45, 2.75) is 26.3 Å². The zero-order chi connectivity index (χ0) is 25.1. The number of benzene rings is 1. The average molecular weight is 542 g/mol. The van der Waals surface area contributed by atoms with E-state index in [2.05, 4.69) is 34.3 Å². The van der Waals surface area contributed by atoms with Gasteiger partial charge in [-0.05, 0) is 48.1 Å². The second kappa shape index (κ2) is 12.0. The SMILES string of the molecule is Cc1c(CC(=Cc2cnc3c(c2)CN(CCCN2CCOCC2)C(=O)N3)C(N)=O)sc2ccccc12.Cl. The van der Waals surface area contributed by atoms with Crippen molar-refractivity contribution in [1.82, 2.24) is 14.8 Å². The quantitative estimate of drug-likeness (QED) is 0.416. The van der Waals surface area contributed by atoms with Crippen LogP contribution in [0.15, 0.2) is 42.1 Å². The number of rotatable bonds is 8. The number of ether oxygens (including phenoxy) is 1. The number of halogens is 1. The molecule has 5 rings (SSSR count). The number of nitrogens with two attached hydrogens (primary N) is 1. The first-order chi connectivity index (χ1) is 17.5. The Morgan fingerprint density at radius 2 is 2.03 bits per heavy atom. The summed E-state index contributed by atoms with van der Waals surface area (Å²) in [6, 6.07) is 10.1. The minimum Gasteiger partial charge on any atom is -0.379 e. The number of nitrogens with zero attached hydrogens (tertiary/aromatic N) is 3. The van der Waals surface area contributed by atoms with Crippen molar-refractivity contribution in [3.8, 4) is 0 Å². The Labute approximate surface area is 226 Å². The van der Waals surface area contributed by atoms with Gasteiger partial charge in [-0.3, -0.25) is 15.0 Å². The number of hydrogen-bond acceptors (Lipinski definition) is 6. The number of hydrogen-bond donors (Lipinski definition) is 2. The number of thiophene rings is 1. The van der Waals surface area contributed by atoms with Crippen molar-refractivity contribution in [2.75, 3.05) is 44.7 Å². The number of carbonyl (C=O) groups is 2. The lowest BCUT2D eigenvalue weighted by Crippen LogP contribution is -2.42. The van der Waals surface area contributed by atoms with E-state index < -0.39 is 5.91 Å². The van der Waals surface area contributed by atoms with Crippen LogP contribution in [0.1, 0.15) is 28.0 Å². The fraction of sp³-hybridized carbons (Fsp3) is 0.370. The molecule has 1 fully saturated rings. The number of nitrogens with one attached hydrogen (secondary N) is 1. The standard InChI is InChI=1S/C27H31N5O3S.ClH/c1-18-22-5-2-3-6-23(22)36-24(18)15-20(25(28)33)13-19-14-21-17-32(27(34)30-26(21)29-16-19)8-4-7-31-9-11-35-12-10-31;/h2-3,5-6,13-14,16H,4,7-12,15,17H2,1H3,(H2,28,33)(H,29,30,34);1H. The van der Waals surface area contributed by atoms with E-state index in [4.69, 9.17) is 10.5 Å². The maximum atomic E-state index is 12.6. The van der Waals surface area contributed by atoms with E-state index >= 15 is 0 Å². The number of pyridine rings is 1. The molecule has 1 saturated heterocycles. The Kier molecular flexibility index (Phi) is 8.81.